The van der Waals surface area contributed by atoms with E-state index in [1.165, 1.54) is 18.2 Å². The van der Waals surface area contributed by atoms with Crippen molar-refractivity contribution in [1.29, 1.82) is 0 Å². The molecule has 120 valence electrons. The summed E-state index contributed by atoms with van der Waals surface area (Å²) < 4.78 is 0. The summed E-state index contributed by atoms with van der Waals surface area (Å²) in [5, 5.41) is 14.5. The number of hydrogen-bond acceptors (Lipinski definition) is 3. The van der Waals surface area contributed by atoms with Crippen LogP contribution in [-0.2, 0) is 4.79 Å². The number of aromatic nitrogens is 1. The summed E-state index contributed by atoms with van der Waals surface area (Å²) in [6.07, 6.45) is 2.90. The molecule has 1 amide bonds. The molecule has 6 heteroatoms. The first-order chi connectivity index (χ1) is 11.5. The van der Waals surface area contributed by atoms with Gasteiger partial charge >= 0.3 is 0 Å². The van der Waals surface area contributed by atoms with Gasteiger partial charge in [-0.25, -0.2) is 0 Å². The van der Waals surface area contributed by atoms with Gasteiger partial charge in [-0.2, -0.15) is 0 Å². The average molecular weight is 321 g/mol. The Labute approximate surface area is 138 Å². The maximum atomic E-state index is 12.0. The molecule has 0 aliphatic heterocycles. The lowest BCUT2D eigenvalue weighted by atomic mass is 10.2. The lowest BCUT2D eigenvalue weighted by molar-refractivity contribution is -0.384. The Morgan fingerprint density at radius 1 is 1.21 bits per heavy atom. The van der Waals surface area contributed by atoms with Crippen LogP contribution in [0.15, 0.2) is 54.6 Å². The van der Waals surface area contributed by atoms with E-state index in [-0.39, 0.29) is 11.6 Å². The summed E-state index contributed by atoms with van der Waals surface area (Å²) in [7, 11) is 0. The fourth-order valence-electron chi connectivity index (χ4n) is 2.45. The van der Waals surface area contributed by atoms with Gasteiger partial charge in [0.25, 0.3) is 5.69 Å². The number of non-ortho nitro benzene ring substituents is 1. The number of carbonyl (C=O) groups excluding carboxylic acids is 1. The van der Waals surface area contributed by atoms with Gasteiger partial charge in [0, 0.05) is 40.5 Å². The number of nitro groups is 1. The van der Waals surface area contributed by atoms with Crippen molar-refractivity contribution in [2.75, 3.05) is 5.32 Å². The van der Waals surface area contributed by atoms with Crippen molar-refractivity contribution in [2.45, 2.75) is 6.92 Å². The molecule has 0 bridgehead atoms. The highest BCUT2D eigenvalue weighted by Gasteiger charge is 2.05. The highest BCUT2D eigenvalue weighted by molar-refractivity contribution is 6.03. The lowest BCUT2D eigenvalue weighted by Crippen LogP contribution is -2.07. The Morgan fingerprint density at radius 2 is 2.04 bits per heavy atom. The molecule has 0 aliphatic rings. The van der Waals surface area contributed by atoms with E-state index in [2.05, 4.69) is 10.3 Å². The Kier molecular flexibility index (Phi) is 4.11. The van der Waals surface area contributed by atoms with Crippen LogP contribution in [0.2, 0.25) is 0 Å². The third-order valence-corrected chi connectivity index (χ3v) is 3.53. The molecule has 0 spiro atoms. The predicted molar refractivity (Wildman–Crippen MR) is 93.8 cm³/mol. The van der Waals surface area contributed by atoms with Gasteiger partial charge < -0.3 is 10.3 Å². The fraction of sp³-hybridized carbons (Fsp3) is 0.0556. The zero-order valence-corrected chi connectivity index (χ0v) is 12.9. The molecule has 6 nitrogen and oxygen atoms in total. The van der Waals surface area contributed by atoms with E-state index in [1.54, 1.807) is 18.2 Å². The number of nitrogens with zero attached hydrogens (tertiary/aromatic N) is 1. The number of aryl methyl sites for hydroxylation is 1. The van der Waals surface area contributed by atoms with Crippen LogP contribution in [0, 0.1) is 17.0 Å². The molecule has 2 N–H and O–H groups in total. The minimum absolute atomic E-state index is 0.00848. The maximum absolute atomic E-state index is 12.0. The standard InChI is InChI=1S/C18H15N3O3/c1-12-9-14-11-15(6-7-17(14)19-12)20-18(22)8-5-13-3-2-4-16(10-13)21(23)24/h2-11,19H,1H3,(H,20,22)/b8-5+. The fourth-order valence-corrected chi connectivity index (χ4v) is 2.45. The van der Waals surface area contributed by atoms with Crippen LogP contribution in [0.5, 0.6) is 0 Å². The van der Waals surface area contributed by atoms with Crippen LogP contribution < -0.4 is 5.32 Å². The number of H-pyrrole nitrogens is 1. The van der Waals surface area contributed by atoms with Gasteiger partial charge in [-0.3, -0.25) is 14.9 Å². The van der Waals surface area contributed by atoms with Crippen molar-refractivity contribution in [2.24, 2.45) is 0 Å². The minimum atomic E-state index is -0.467. The van der Waals surface area contributed by atoms with Crippen LogP contribution in [0.3, 0.4) is 0 Å². The molecule has 0 radical (unpaired) electrons. The highest BCUT2D eigenvalue weighted by atomic mass is 16.6. The largest absolute Gasteiger partial charge is 0.359 e. The molecule has 0 fully saturated rings. The molecule has 1 aromatic heterocycles. The van der Waals surface area contributed by atoms with Gasteiger partial charge in [-0.15, -0.1) is 0 Å². The van der Waals surface area contributed by atoms with E-state index in [0.29, 0.717) is 11.3 Å². The zero-order chi connectivity index (χ0) is 17.1. The number of aromatic amines is 1. The molecule has 0 saturated heterocycles. The topological polar surface area (TPSA) is 88.0 Å². The van der Waals surface area contributed by atoms with Crippen molar-refractivity contribution in [3.8, 4) is 0 Å². The third kappa shape index (κ3) is 3.49. The molecule has 1 heterocycles. The number of anilines is 1. The molecular formula is C18H15N3O3. The number of hydrogen-bond donors (Lipinski definition) is 2. The van der Waals surface area contributed by atoms with E-state index in [4.69, 9.17) is 0 Å². The van der Waals surface area contributed by atoms with Gasteiger partial charge in [0.2, 0.25) is 5.91 Å². The maximum Gasteiger partial charge on any atom is 0.270 e. The molecule has 3 aromatic rings. The summed E-state index contributed by atoms with van der Waals surface area (Å²) >= 11 is 0. The van der Waals surface area contributed by atoms with Crippen molar-refractivity contribution in [1.82, 2.24) is 4.98 Å². The van der Waals surface area contributed by atoms with Gasteiger partial charge in [0.15, 0.2) is 0 Å². The first kappa shape index (κ1) is 15.5. The second-order valence-corrected chi connectivity index (χ2v) is 5.43. The van der Waals surface area contributed by atoms with Crippen LogP contribution >= 0.6 is 0 Å². The number of benzene rings is 2. The van der Waals surface area contributed by atoms with Crippen LogP contribution in [0.25, 0.3) is 17.0 Å². The zero-order valence-electron chi connectivity index (χ0n) is 12.9. The number of nitro benzene ring substituents is 1. The molecule has 0 aliphatic carbocycles. The number of carbonyl (C=O) groups is 1. The van der Waals surface area contributed by atoms with Gasteiger partial charge in [0.1, 0.15) is 0 Å². The number of rotatable bonds is 4. The van der Waals surface area contributed by atoms with Gasteiger partial charge in [0.05, 0.1) is 4.92 Å². The average Bonchev–Trinajstić information content (AvgIpc) is 2.92. The smallest absolute Gasteiger partial charge is 0.270 e. The molecule has 24 heavy (non-hydrogen) atoms. The van der Waals surface area contributed by atoms with E-state index >= 15 is 0 Å². The van der Waals surface area contributed by atoms with Crippen molar-refractivity contribution in [3.63, 3.8) is 0 Å². The number of fused-ring (bicyclic) bond motifs is 1. The summed E-state index contributed by atoms with van der Waals surface area (Å²) in [5.41, 5.74) is 3.34. The SMILES string of the molecule is Cc1cc2cc(NC(=O)/C=C/c3cccc([N+](=O)[O-])c3)ccc2[nH]1. The van der Waals surface area contributed by atoms with E-state index in [1.807, 2.05) is 31.2 Å². The van der Waals surface area contributed by atoms with E-state index < -0.39 is 4.92 Å². The Morgan fingerprint density at radius 3 is 2.83 bits per heavy atom. The molecule has 2 aromatic carbocycles. The Hall–Kier alpha value is -3.41. The molecule has 0 saturated carbocycles. The first-order valence-electron chi connectivity index (χ1n) is 7.34. The first-order valence-corrected chi connectivity index (χ1v) is 7.34. The van der Waals surface area contributed by atoms with Crippen molar-refractivity contribution < 1.29 is 9.72 Å². The predicted octanol–water partition coefficient (Wildman–Crippen LogP) is 4.04. The highest BCUT2D eigenvalue weighted by Crippen LogP contribution is 2.20. The number of amides is 1. The van der Waals surface area contributed by atoms with Crippen molar-refractivity contribution >= 4 is 34.3 Å². The van der Waals surface area contributed by atoms with Gasteiger partial charge in [-0.1, -0.05) is 12.1 Å². The third-order valence-electron chi connectivity index (χ3n) is 3.53. The summed E-state index contributed by atoms with van der Waals surface area (Å²) in [4.78, 5) is 25.5. The lowest BCUT2D eigenvalue weighted by Gasteiger charge is -2.02. The summed E-state index contributed by atoms with van der Waals surface area (Å²) in [5.74, 6) is -0.298. The molecular weight excluding hydrogens is 306 g/mol. The second-order valence-electron chi connectivity index (χ2n) is 5.43. The number of nitrogens with one attached hydrogen (secondary N) is 2. The Bertz CT molecular complexity index is 957. The monoisotopic (exact) mass is 321 g/mol. The minimum Gasteiger partial charge on any atom is -0.359 e. The van der Waals surface area contributed by atoms with Gasteiger partial charge in [-0.05, 0) is 42.8 Å². The molecule has 0 unspecified atom stereocenters. The Balaban J connectivity index is 1.72. The van der Waals surface area contributed by atoms with Crippen LogP contribution in [-0.4, -0.2) is 15.8 Å². The summed E-state index contributed by atoms with van der Waals surface area (Å²) in [6.45, 7) is 1.97. The second kappa shape index (κ2) is 6.37. The summed E-state index contributed by atoms with van der Waals surface area (Å²) in [6, 6.07) is 13.7. The van der Waals surface area contributed by atoms with E-state index in [9.17, 15) is 14.9 Å². The molecule has 3 rings (SSSR count). The quantitative estimate of drug-likeness (QED) is 0.432. The van der Waals surface area contributed by atoms with Crippen molar-refractivity contribution in [3.05, 3.63) is 76.0 Å². The van der Waals surface area contributed by atoms with Crippen LogP contribution in [0.4, 0.5) is 11.4 Å². The molecule has 0 atom stereocenters. The van der Waals surface area contributed by atoms with Crippen LogP contribution in [0.1, 0.15) is 11.3 Å². The van der Waals surface area contributed by atoms with E-state index in [0.717, 1.165) is 16.6 Å². The normalized spacial score (nSPS) is 11.0.